The average Bonchev–Trinajstić information content (AvgIpc) is 2.42. The highest BCUT2D eigenvalue weighted by Crippen LogP contribution is 2.15. The molecule has 91 valence electrons. The van der Waals surface area contributed by atoms with E-state index in [2.05, 4.69) is 12.2 Å². The highest BCUT2D eigenvalue weighted by molar-refractivity contribution is 6.01. The first-order valence-corrected chi connectivity index (χ1v) is 5.79. The summed E-state index contributed by atoms with van der Waals surface area (Å²) in [5.41, 5.74) is 1.61. The number of nitrogens with zero attached hydrogens (tertiary/aromatic N) is 1. The van der Waals surface area contributed by atoms with E-state index in [4.69, 9.17) is 0 Å². The largest absolute Gasteiger partial charge is 0.326 e. The number of nitrogens with one attached hydrogen (secondary N) is 1. The first-order chi connectivity index (χ1) is 8.81. The van der Waals surface area contributed by atoms with Gasteiger partial charge >= 0.3 is 6.03 Å². The van der Waals surface area contributed by atoms with Gasteiger partial charge in [0.1, 0.15) is 0 Å². The minimum absolute atomic E-state index is 0.178. The van der Waals surface area contributed by atoms with E-state index in [0.717, 1.165) is 11.4 Å². The summed E-state index contributed by atoms with van der Waals surface area (Å²) < 4.78 is 0. The summed E-state index contributed by atoms with van der Waals surface area (Å²) in [7, 11) is 0. The second kappa shape index (κ2) is 5.87. The zero-order valence-electron chi connectivity index (χ0n) is 10.0. The Kier molecular flexibility index (Phi) is 3.97. The van der Waals surface area contributed by atoms with E-state index in [0.29, 0.717) is 6.54 Å². The molecule has 0 bridgehead atoms. The Bertz CT molecular complexity index is 496. The molecule has 0 heterocycles. The van der Waals surface area contributed by atoms with Crippen LogP contribution in [0.5, 0.6) is 0 Å². The van der Waals surface area contributed by atoms with Crippen molar-refractivity contribution in [1.29, 1.82) is 0 Å². The zero-order valence-corrected chi connectivity index (χ0v) is 10.0. The number of hydrogen-bond acceptors (Lipinski definition) is 1. The number of carbonyl (C=O) groups is 1. The number of rotatable bonds is 3. The molecule has 2 aromatic rings. The van der Waals surface area contributed by atoms with Crippen molar-refractivity contribution in [3.63, 3.8) is 0 Å². The average molecular weight is 239 g/mol. The second-order valence-corrected chi connectivity index (χ2v) is 3.78. The lowest BCUT2D eigenvalue weighted by Crippen LogP contribution is -2.34. The highest BCUT2D eigenvalue weighted by atomic mass is 16.2. The molecular weight excluding hydrogens is 224 g/mol. The van der Waals surface area contributed by atoms with E-state index in [1.807, 2.05) is 60.7 Å². The third-order valence-electron chi connectivity index (χ3n) is 2.56. The van der Waals surface area contributed by atoms with Crippen molar-refractivity contribution in [3.8, 4) is 0 Å². The molecule has 18 heavy (non-hydrogen) atoms. The summed E-state index contributed by atoms with van der Waals surface area (Å²) in [5, 5.41) is 2.84. The van der Waals surface area contributed by atoms with Crippen LogP contribution in [0.4, 0.5) is 16.2 Å². The molecule has 2 aromatic carbocycles. The van der Waals surface area contributed by atoms with E-state index in [-0.39, 0.29) is 6.03 Å². The lowest BCUT2D eigenvalue weighted by Gasteiger charge is -2.21. The Morgan fingerprint density at radius 2 is 1.56 bits per heavy atom. The molecule has 1 N–H and O–H groups in total. The summed E-state index contributed by atoms with van der Waals surface area (Å²) in [6.45, 7) is 4.17. The van der Waals surface area contributed by atoms with Crippen molar-refractivity contribution in [1.82, 2.24) is 0 Å². The molecule has 3 nitrogen and oxygen atoms in total. The summed E-state index contributed by atoms with van der Waals surface area (Å²) in [4.78, 5) is 13.7. The van der Waals surface area contributed by atoms with Gasteiger partial charge in [-0.05, 0) is 31.2 Å². The summed E-state index contributed by atoms with van der Waals surface area (Å²) in [6.07, 6.45) is 0. The second-order valence-electron chi connectivity index (χ2n) is 3.78. The van der Waals surface area contributed by atoms with Crippen molar-refractivity contribution >= 4 is 17.4 Å². The molecule has 0 aliphatic rings. The van der Waals surface area contributed by atoms with Crippen LogP contribution in [0.1, 0.15) is 0 Å². The summed E-state index contributed by atoms with van der Waals surface area (Å²) in [6, 6.07) is 18.7. The van der Waals surface area contributed by atoms with Crippen molar-refractivity contribution in [2.24, 2.45) is 0 Å². The molecule has 3 heteroatoms. The molecule has 0 aliphatic heterocycles. The Labute approximate surface area is 107 Å². The van der Waals surface area contributed by atoms with Gasteiger partial charge in [-0.15, -0.1) is 0 Å². The predicted octanol–water partition coefficient (Wildman–Crippen LogP) is 3.56. The van der Waals surface area contributed by atoms with Crippen LogP contribution in [0.15, 0.2) is 60.7 Å². The van der Waals surface area contributed by atoms with E-state index in [1.54, 1.807) is 4.90 Å². The van der Waals surface area contributed by atoms with Crippen LogP contribution >= 0.6 is 0 Å². The van der Waals surface area contributed by atoms with E-state index in [1.165, 1.54) is 0 Å². The van der Waals surface area contributed by atoms with E-state index >= 15 is 0 Å². The zero-order chi connectivity index (χ0) is 12.8. The third-order valence-corrected chi connectivity index (χ3v) is 2.56. The molecule has 0 atom stereocenters. The topological polar surface area (TPSA) is 32.3 Å². The predicted molar refractivity (Wildman–Crippen MR) is 74.6 cm³/mol. The van der Waals surface area contributed by atoms with Gasteiger partial charge in [0.15, 0.2) is 0 Å². The van der Waals surface area contributed by atoms with Gasteiger partial charge in [0.25, 0.3) is 0 Å². The van der Waals surface area contributed by atoms with Crippen LogP contribution in [0.2, 0.25) is 0 Å². The van der Waals surface area contributed by atoms with Crippen LogP contribution in [-0.4, -0.2) is 12.6 Å². The fraction of sp³-hybridized carbons (Fsp3) is 0.0667. The number of hydrogen-bond donors (Lipinski definition) is 1. The number of urea groups is 1. The van der Waals surface area contributed by atoms with Gasteiger partial charge in [-0.1, -0.05) is 36.4 Å². The molecule has 0 spiro atoms. The SMILES string of the molecule is [CH2]CN(C(=O)Nc1ccccc1)c1ccccc1. The molecule has 2 rings (SSSR count). The van der Waals surface area contributed by atoms with Gasteiger partial charge in [-0.25, -0.2) is 4.79 Å². The van der Waals surface area contributed by atoms with Crippen LogP contribution in [0.25, 0.3) is 0 Å². The van der Waals surface area contributed by atoms with Crippen LogP contribution in [-0.2, 0) is 0 Å². The Morgan fingerprint density at radius 3 is 2.11 bits per heavy atom. The molecule has 0 saturated carbocycles. The molecule has 0 aromatic heterocycles. The van der Waals surface area contributed by atoms with Gasteiger partial charge in [0.2, 0.25) is 0 Å². The maximum Gasteiger partial charge on any atom is 0.326 e. The van der Waals surface area contributed by atoms with Crippen LogP contribution < -0.4 is 10.2 Å². The van der Waals surface area contributed by atoms with Crippen molar-refractivity contribution < 1.29 is 4.79 Å². The maximum absolute atomic E-state index is 12.1. The lowest BCUT2D eigenvalue weighted by atomic mass is 10.3. The fourth-order valence-corrected chi connectivity index (χ4v) is 1.67. The smallest absolute Gasteiger partial charge is 0.308 e. The molecule has 0 aliphatic carbocycles. The molecule has 2 amide bonds. The Morgan fingerprint density at radius 1 is 1.00 bits per heavy atom. The lowest BCUT2D eigenvalue weighted by molar-refractivity contribution is 0.257. The third kappa shape index (κ3) is 2.88. The molecule has 0 fully saturated rings. The number of amides is 2. The fourth-order valence-electron chi connectivity index (χ4n) is 1.67. The number of para-hydroxylation sites is 2. The molecule has 0 saturated heterocycles. The normalized spacial score (nSPS) is 9.83. The summed E-state index contributed by atoms with van der Waals surface area (Å²) >= 11 is 0. The minimum atomic E-state index is -0.178. The number of carbonyl (C=O) groups excluding carboxylic acids is 1. The Balaban J connectivity index is 2.12. The molecule has 1 radical (unpaired) electrons. The number of anilines is 2. The van der Waals surface area contributed by atoms with Gasteiger partial charge in [-0.3, -0.25) is 4.90 Å². The monoisotopic (exact) mass is 239 g/mol. The molecule has 0 unspecified atom stereocenters. The van der Waals surface area contributed by atoms with E-state index in [9.17, 15) is 4.79 Å². The number of benzene rings is 2. The first kappa shape index (κ1) is 12.2. The standard InChI is InChI=1S/C15H15N2O/c1-2-17(14-11-7-4-8-12-14)15(18)16-13-9-5-3-6-10-13/h3-12H,1-2H2,(H,16,18). The van der Waals surface area contributed by atoms with Gasteiger partial charge in [0.05, 0.1) is 0 Å². The quantitative estimate of drug-likeness (QED) is 0.872. The van der Waals surface area contributed by atoms with Gasteiger partial charge in [0, 0.05) is 17.9 Å². The van der Waals surface area contributed by atoms with Gasteiger partial charge in [-0.2, -0.15) is 0 Å². The maximum atomic E-state index is 12.1. The van der Waals surface area contributed by atoms with Crippen molar-refractivity contribution in [2.45, 2.75) is 0 Å². The summed E-state index contributed by atoms with van der Waals surface area (Å²) in [5.74, 6) is 0. The van der Waals surface area contributed by atoms with Gasteiger partial charge < -0.3 is 5.32 Å². The van der Waals surface area contributed by atoms with E-state index < -0.39 is 0 Å². The highest BCUT2D eigenvalue weighted by Gasteiger charge is 2.13. The van der Waals surface area contributed by atoms with Crippen molar-refractivity contribution in [3.05, 3.63) is 67.6 Å². The minimum Gasteiger partial charge on any atom is -0.308 e. The first-order valence-electron chi connectivity index (χ1n) is 5.79. The van der Waals surface area contributed by atoms with Crippen LogP contribution in [0.3, 0.4) is 0 Å². The Hall–Kier alpha value is -2.29. The van der Waals surface area contributed by atoms with Crippen molar-refractivity contribution in [2.75, 3.05) is 16.8 Å². The molecular formula is C15H15N2O. The van der Waals surface area contributed by atoms with Crippen LogP contribution in [0, 0.1) is 6.92 Å².